The molecule has 0 N–H and O–H groups in total. The topological polar surface area (TPSA) is 20.3 Å². The number of allylic oxidation sites excluding steroid dienone is 1. The summed E-state index contributed by atoms with van der Waals surface area (Å²) in [6.45, 7) is 4.61. The predicted octanol–water partition coefficient (Wildman–Crippen LogP) is 3.07. The van der Waals surface area contributed by atoms with Crippen LogP contribution < -0.4 is 0 Å². The number of hydrogen-bond donors (Lipinski definition) is 0. The average Bonchev–Trinajstić information content (AvgIpc) is 2.70. The first-order chi connectivity index (χ1) is 8.13. The van der Waals surface area contributed by atoms with Crippen molar-refractivity contribution in [1.82, 2.24) is 4.90 Å². The van der Waals surface area contributed by atoms with E-state index in [0.29, 0.717) is 0 Å². The van der Waals surface area contributed by atoms with Crippen molar-refractivity contribution >= 4 is 5.91 Å². The zero-order valence-corrected chi connectivity index (χ0v) is 10.1. The van der Waals surface area contributed by atoms with Crippen molar-refractivity contribution in [1.29, 1.82) is 0 Å². The highest BCUT2D eigenvalue weighted by Gasteiger charge is 2.29. The van der Waals surface area contributed by atoms with Crippen molar-refractivity contribution in [3.63, 3.8) is 0 Å². The number of rotatable bonds is 2. The third-order valence-corrected chi connectivity index (χ3v) is 3.33. The molecule has 1 aromatic rings. The van der Waals surface area contributed by atoms with Gasteiger partial charge in [0.1, 0.15) is 5.82 Å². The van der Waals surface area contributed by atoms with Crippen LogP contribution in [0.5, 0.6) is 0 Å². The Balaban J connectivity index is 2.19. The van der Waals surface area contributed by atoms with Gasteiger partial charge in [-0.05, 0) is 38.0 Å². The van der Waals surface area contributed by atoms with E-state index in [-0.39, 0.29) is 17.8 Å². The molecule has 90 valence electrons. The molecule has 0 saturated carbocycles. The van der Waals surface area contributed by atoms with E-state index in [1.54, 1.807) is 12.1 Å². The van der Waals surface area contributed by atoms with Gasteiger partial charge in [-0.2, -0.15) is 0 Å². The molecule has 0 aromatic heterocycles. The molecule has 1 amide bonds. The first kappa shape index (κ1) is 11.8. The zero-order valence-electron chi connectivity index (χ0n) is 10.1. The summed E-state index contributed by atoms with van der Waals surface area (Å²) in [7, 11) is 0. The second-order valence-corrected chi connectivity index (χ2v) is 4.29. The summed E-state index contributed by atoms with van der Waals surface area (Å²) in [5, 5.41) is 0. The molecule has 1 aliphatic heterocycles. The Hall–Kier alpha value is -1.64. The number of likely N-dealkylation sites (tertiary alicyclic amines) is 1. The number of carbonyl (C=O) groups excluding carboxylic acids is 1. The zero-order chi connectivity index (χ0) is 12.4. The van der Waals surface area contributed by atoms with Crippen LogP contribution in [-0.2, 0) is 4.79 Å². The molecule has 0 bridgehead atoms. The molecule has 2 rings (SSSR count). The van der Waals surface area contributed by atoms with E-state index in [1.165, 1.54) is 12.1 Å². The van der Waals surface area contributed by atoms with E-state index < -0.39 is 0 Å². The maximum absolute atomic E-state index is 12.8. The minimum absolute atomic E-state index is 0.000509. The molecule has 17 heavy (non-hydrogen) atoms. The van der Waals surface area contributed by atoms with Crippen LogP contribution in [0, 0.1) is 5.82 Å². The summed E-state index contributed by atoms with van der Waals surface area (Å²) in [4.78, 5) is 13.8. The molecule has 1 aromatic carbocycles. The van der Waals surface area contributed by atoms with E-state index in [2.05, 4.69) is 0 Å². The fourth-order valence-corrected chi connectivity index (χ4v) is 2.19. The van der Waals surface area contributed by atoms with Gasteiger partial charge in [-0.15, -0.1) is 0 Å². The molecule has 1 heterocycles. The normalized spacial score (nSPS) is 20.1. The summed E-state index contributed by atoms with van der Waals surface area (Å²) in [6, 6.07) is 6.34. The summed E-state index contributed by atoms with van der Waals surface area (Å²) in [5.74, 6) is -0.146. The average molecular weight is 233 g/mol. The highest BCUT2D eigenvalue weighted by atomic mass is 19.1. The van der Waals surface area contributed by atoms with Crippen molar-refractivity contribution < 1.29 is 9.18 Å². The van der Waals surface area contributed by atoms with Gasteiger partial charge in [0.25, 0.3) is 0 Å². The second kappa shape index (κ2) is 4.70. The lowest BCUT2D eigenvalue weighted by Crippen LogP contribution is -2.28. The summed E-state index contributed by atoms with van der Waals surface area (Å²) in [6.07, 6.45) is 2.68. The Kier molecular flexibility index (Phi) is 3.27. The number of benzene rings is 1. The number of halogens is 1. The summed E-state index contributed by atoms with van der Waals surface area (Å²) >= 11 is 0. The molecule has 1 atom stereocenters. The molecule has 1 saturated heterocycles. The first-order valence-electron chi connectivity index (χ1n) is 5.85. The fourth-order valence-electron chi connectivity index (χ4n) is 2.19. The Morgan fingerprint density at radius 1 is 1.35 bits per heavy atom. The lowest BCUT2D eigenvalue weighted by Gasteiger charge is -2.24. The lowest BCUT2D eigenvalue weighted by molar-refractivity contribution is -0.126. The molecule has 0 unspecified atom stereocenters. The maximum Gasteiger partial charge on any atom is 0.250 e. The van der Waals surface area contributed by atoms with E-state index in [1.807, 2.05) is 24.8 Å². The quantitative estimate of drug-likeness (QED) is 0.719. The SMILES string of the molecule is CC=C1CCN([C@@H](C)c2ccc(F)cc2)C1=O. The Labute approximate surface area is 101 Å². The minimum atomic E-state index is -0.247. The number of amides is 1. The highest BCUT2D eigenvalue weighted by Crippen LogP contribution is 2.28. The molecule has 1 fully saturated rings. The third-order valence-electron chi connectivity index (χ3n) is 3.33. The summed E-state index contributed by atoms with van der Waals surface area (Å²) < 4.78 is 12.8. The maximum atomic E-state index is 12.8. The van der Waals surface area contributed by atoms with Crippen molar-refractivity contribution in [2.45, 2.75) is 26.3 Å². The van der Waals surface area contributed by atoms with Crippen LogP contribution >= 0.6 is 0 Å². The van der Waals surface area contributed by atoms with Crippen LogP contribution in [0.15, 0.2) is 35.9 Å². The molecule has 3 heteroatoms. The van der Waals surface area contributed by atoms with Gasteiger partial charge in [0.05, 0.1) is 6.04 Å². The first-order valence-corrected chi connectivity index (χ1v) is 5.85. The van der Waals surface area contributed by atoms with Gasteiger partial charge in [-0.25, -0.2) is 4.39 Å². The van der Waals surface area contributed by atoms with Gasteiger partial charge in [0, 0.05) is 12.1 Å². The van der Waals surface area contributed by atoms with Crippen LogP contribution in [0.2, 0.25) is 0 Å². The third kappa shape index (κ3) is 2.23. The van der Waals surface area contributed by atoms with Crippen molar-refractivity contribution in [3.8, 4) is 0 Å². The molecule has 0 aliphatic carbocycles. The Bertz CT molecular complexity index is 450. The van der Waals surface area contributed by atoms with Gasteiger partial charge < -0.3 is 4.90 Å². The summed E-state index contributed by atoms with van der Waals surface area (Å²) in [5.41, 5.74) is 1.84. The van der Waals surface area contributed by atoms with E-state index in [0.717, 1.165) is 24.1 Å². The van der Waals surface area contributed by atoms with Gasteiger partial charge in [0.15, 0.2) is 0 Å². The van der Waals surface area contributed by atoms with E-state index in [9.17, 15) is 9.18 Å². The molecule has 0 radical (unpaired) electrons. The van der Waals surface area contributed by atoms with Gasteiger partial charge in [-0.3, -0.25) is 4.79 Å². The van der Waals surface area contributed by atoms with E-state index in [4.69, 9.17) is 0 Å². The number of hydrogen-bond acceptors (Lipinski definition) is 1. The van der Waals surface area contributed by atoms with Gasteiger partial charge >= 0.3 is 0 Å². The molecular weight excluding hydrogens is 217 g/mol. The Morgan fingerprint density at radius 2 is 2.00 bits per heavy atom. The van der Waals surface area contributed by atoms with Crippen LogP contribution in [-0.4, -0.2) is 17.4 Å². The fraction of sp³-hybridized carbons (Fsp3) is 0.357. The number of carbonyl (C=O) groups is 1. The van der Waals surface area contributed by atoms with Crippen LogP contribution in [0.1, 0.15) is 31.9 Å². The van der Waals surface area contributed by atoms with Gasteiger partial charge in [-0.1, -0.05) is 18.2 Å². The van der Waals surface area contributed by atoms with Gasteiger partial charge in [0.2, 0.25) is 5.91 Å². The van der Waals surface area contributed by atoms with E-state index >= 15 is 0 Å². The standard InChI is InChI=1S/C14H16FNO/c1-3-11-8-9-16(14(11)17)10(2)12-4-6-13(15)7-5-12/h3-7,10H,8-9H2,1-2H3/t10-/m0/s1. The smallest absolute Gasteiger partial charge is 0.250 e. The lowest BCUT2D eigenvalue weighted by atomic mass is 10.1. The van der Waals surface area contributed by atoms with Crippen molar-refractivity contribution in [2.24, 2.45) is 0 Å². The minimum Gasteiger partial charge on any atom is -0.332 e. The molecular formula is C14H16FNO. The van der Waals surface area contributed by atoms with Crippen molar-refractivity contribution in [2.75, 3.05) is 6.54 Å². The van der Waals surface area contributed by atoms with Crippen LogP contribution in [0.25, 0.3) is 0 Å². The van der Waals surface area contributed by atoms with Crippen LogP contribution in [0.4, 0.5) is 4.39 Å². The van der Waals surface area contributed by atoms with Crippen molar-refractivity contribution in [3.05, 3.63) is 47.3 Å². The largest absolute Gasteiger partial charge is 0.332 e. The number of nitrogens with zero attached hydrogens (tertiary/aromatic N) is 1. The second-order valence-electron chi connectivity index (χ2n) is 4.29. The van der Waals surface area contributed by atoms with Crippen LogP contribution in [0.3, 0.4) is 0 Å². The Morgan fingerprint density at radius 3 is 2.53 bits per heavy atom. The predicted molar refractivity (Wildman–Crippen MR) is 64.9 cm³/mol. The monoisotopic (exact) mass is 233 g/mol. The molecule has 0 spiro atoms. The molecule has 1 aliphatic rings. The highest BCUT2D eigenvalue weighted by molar-refractivity contribution is 5.95. The molecule has 2 nitrogen and oxygen atoms in total.